The third-order valence-electron chi connectivity index (χ3n) is 2.22. The molecule has 1 saturated carbocycles. The quantitative estimate of drug-likeness (QED) is 0.750. The third-order valence-corrected chi connectivity index (χ3v) is 3.24. The van der Waals surface area contributed by atoms with Gasteiger partial charge in [-0.2, -0.15) is 0 Å². The van der Waals surface area contributed by atoms with Crippen LogP contribution in [-0.2, 0) is 0 Å². The molecule has 0 amide bonds. The van der Waals surface area contributed by atoms with Crippen molar-refractivity contribution in [1.82, 2.24) is 0 Å². The van der Waals surface area contributed by atoms with Gasteiger partial charge in [-0.05, 0) is 28.1 Å². The average Bonchev–Trinajstić information content (AvgIpc) is 2.09. The first-order valence-electron chi connectivity index (χ1n) is 4.41. The van der Waals surface area contributed by atoms with Crippen LogP contribution < -0.4 is 4.74 Å². The molecule has 2 rings (SSSR count). The molecule has 1 aliphatic carbocycles. The van der Waals surface area contributed by atoms with Crippen molar-refractivity contribution < 1.29 is 9.13 Å². The van der Waals surface area contributed by atoms with Gasteiger partial charge in [0.2, 0.25) is 0 Å². The van der Waals surface area contributed by atoms with Crippen molar-refractivity contribution in [3.63, 3.8) is 0 Å². The second-order valence-corrected chi connectivity index (χ2v) is 4.85. The summed E-state index contributed by atoms with van der Waals surface area (Å²) in [6.07, 6.45) is 1.81. The summed E-state index contributed by atoms with van der Waals surface area (Å²) in [4.78, 5) is 0. The van der Waals surface area contributed by atoms with Gasteiger partial charge in [0.25, 0.3) is 0 Å². The summed E-state index contributed by atoms with van der Waals surface area (Å²) in [5.41, 5.74) is 0. The van der Waals surface area contributed by atoms with E-state index in [1.807, 2.05) is 0 Å². The smallest absolute Gasteiger partial charge is 0.136 e. The van der Waals surface area contributed by atoms with Gasteiger partial charge in [-0.25, -0.2) is 4.39 Å². The molecule has 0 spiro atoms. The Morgan fingerprint density at radius 2 is 2.14 bits per heavy atom. The highest BCUT2D eigenvalue weighted by molar-refractivity contribution is 9.10. The molecule has 0 unspecified atom stereocenters. The zero-order chi connectivity index (χ0) is 10.1. The van der Waals surface area contributed by atoms with Gasteiger partial charge in [-0.3, -0.25) is 0 Å². The molecule has 0 N–H and O–H groups in total. The Labute approximate surface area is 95.3 Å². The van der Waals surface area contributed by atoms with E-state index in [0.717, 1.165) is 17.3 Å². The summed E-state index contributed by atoms with van der Waals surface area (Å²) in [7, 11) is 0. The van der Waals surface area contributed by atoms with Crippen LogP contribution in [0.15, 0.2) is 22.7 Å². The maximum atomic E-state index is 12.9. The number of benzene rings is 1. The second-order valence-electron chi connectivity index (χ2n) is 3.38. The van der Waals surface area contributed by atoms with Crippen LogP contribution in [-0.4, -0.2) is 11.5 Å². The van der Waals surface area contributed by atoms with E-state index in [1.165, 1.54) is 12.1 Å². The van der Waals surface area contributed by atoms with Gasteiger partial charge in [-0.1, -0.05) is 0 Å². The molecule has 0 saturated heterocycles. The highest BCUT2D eigenvalue weighted by Gasteiger charge is 2.29. The number of ether oxygens (including phenoxy) is 1. The van der Waals surface area contributed by atoms with E-state index in [9.17, 15) is 4.39 Å². The lowest BCUT2D eigenvalue weighted by Gasteiger charge is -2.31. The molecule has 1 nitrogen and oxygen atoms in total. The minimum absolute atomic E-state index is 0.135. The fraction of sp³-hybridized carbons (Fsp3) is 0.400. The zero-order valence-corrected chi connectivity index (χ0v) is 9.69. The van der Waals surface area contributed by atoms with Gasteiger partial charge in [0.1, 0.15) is 17.7 Å². The Balaban J connectivity index is 2.05. The van der Waals surface area contributed by atoms with Crippen molar-refractivity contribution in [2.24, 2.45) is 0 Å². The van der Waals surface area contributed by atoms with E-state index in [0.29, 0.717) is 5.75 Å². The first kappa shape index (κ1) is 10.2. The highest BCUT2D eigenvalue weighted by Crippen LogP contribution is 2.33. The molecule has 0 aromatic heterocycles. The molecule has 4 heteroatoms. The van der Waals surface area contributed by atoms with Gasteiger partial charge in [0.15, 0.2) is 0 Å². The molecule has 1 fully saturated rings. The van der Waals surface area contributed by atoms with E-state index in [1.54, 1.807) is 6.07 Å². The molecule has 0 atom stereocenters. The van der Waals surface area contributed by atoms with Crippen LogP contribution in [0.1, 0.15) is 12.8 Å². The number of alkyl halides is 1. The van der Waals surface area contributed by atoms with E-state index in [4.69, 9.17) is 16.3 Å². The number of hydrogen-bond acceptors (Lipinski definition) is 1. The highest BCUT2D eigenvalue weighted by atomic mass is 79.9. The molecule has 1 aliphatic rings. The molecule has 0 aliphatic heterocycles. The minimum atomic E-state index is -0.287. The molecule has 14 heavy (non-hydrogen) atoms. The summed E-state index contributed by atoms with van der Waals surface area (Å²) in [6, 6.07) is 4.41. The van der Waals surface area contributed by atoms with Crippen molar-refractivity contribution in [2.45, 2.75) is 24.3 Å². The standard InChI is InChI=1S/C10H9BrClFO/c11-9-2-1-7(13)5-10(9)14-8-3-6(12)4-8/h1-2,5-6,8H,3-4H2. The van der Waals surface area contributed by atoms with E-state index < -0.39 is 0 Å². The van der Waals surface area contributed by atoms with Crippen molar-refractivity contribution in [3.05, 3.63) is 28.5 Å². The molecule has 0 bridgehead atoms. The van der Waals surface area contributed by atoms with Crippen LogP contribution in [0, 0.1) is 5.82 Å². The summed E-state index contributed by atoms with van der Waals surface area (Å²) >= 11 is 9.12. The Morgan fingerprint density at radius 3 is 2.79 bits per heavy atom. The van der Waals surface area contributed by atoms with Crippen LogP contribution in [0.5, 0.6) is 5.75 Å². The lowest BCUT2D eigenvalue weighted by atomic mass is 9.95. The molecule has 1 aromatic carbocycles. The summed E-state index contributed by atoms with van der Waals surface area (Å²) in [5, 5.41) is 0.215. The van der Waals surface area contributed by atoms with Crippen molar-refractivity contribution >= 4 is 27.5 Å². The van der Waals surface area contributed by atoms with Crippen LogP contribution >= 0.6 is 27.5 Å². The molecule has 76 valence electrons. The second kappa shape index (κ2) is 4.07. The molecule has 1 aromatic rings. The van der Waals surface area contributed by atoms with Crippen LogP contribution in [0.2, 0.25) is 0 Å². The fourth-order valence-corrected chi connectivity index (χ4v) is 2.08. The van der Waals surface area contributed by atoms with Crippen LogP contribution in [0.3, 0.4) is 0 Å². The Bertz CT molecular complexity index is 339. The molecular formula is C10H9BrClFO. The summed E-state index contributed by atoms with van der Waals surface area (Å²) in [6.45, 7) is 0. The van der Waals surface area contributed by atoms with Crippen LogP contribution in [0.4, 0.5) is 4.39 Å². The SMILES string of the molecule is Fc1ccc(Br)c(OC2CC(Cl)C2)c1. The summed E-state index contributed by atoms with van der Waals surface area (Å²) in [5.74, 6) is 0.267. The zero-order valence-electron chi connectivity index (χ0n) is 7.34. The topological polar surface area (TPSA) is 9.23 Å². The molecule has 0 heterocycles. The maximum Gasteiger partial charge on any atom is 0.136 e. The Hall–Kier alpha value is -0.280. The first-order chi connectivity index (χ1) is 6.65. The predicted octanol–water partition coefficient (Wildman–Crippen LogP) is 3.74. The normalized spacial score (nSPS) is 25.6. The fourth-order valence-electron chi connectivity index (χ4n) is 1.34. The first-order valence-corrected chi connectivity index (χ1v) is 5.64. The van der Waals surface area contributed by atoms with Crippen molar-refractivity contribution in [3.8, 4) is 5.75 Å². The monoisotopic (exact) mass is 278 g/mol. The predicted molar refractivity (Wildman–Crippen MR) is 57.4 cm³/mol. The average molecular weight is 280 g/mol. The lowest BCUT2D eigenvalue weighted by Crippen LogP contribution is -2.34. The Morgan fingerprint density at radius 1 is 1.43 bits per heavy atom. The van der Waals surface area contributed by atoms with Gasteiger partial charge < -0.3 is 4.74 Å². The largest absolute Gasteiger partial charge is 0.489 e. The maximum absolute atomic E-state index is 12.9. The van der Waals surface area contributed by atoms with Crippen molar-refractivity contribution in [2.75, 3.05) is 0 Å². The van der Waals surface area contributed by atoms with Gasteiger partial charge in [0, 0.05) is 24.3 Å². The lowest BCUT2D eigenvalue weighted by molar-refractivity contribution is 0.123. The minimum Gasteiger partial charge on any atom is -0.489 e. The van der Waals surface area contributed by atoms with Crippen LogP contribution in [0.25, 0.3) is 0 Å². The molecule has 0 radical (unpaired) electrons. The third kappa shape index (κ3) is 2.20. The van der Waals surface area contributed by atoms with E-state index in [2.05, 4.69) is 15.9 Å². The number of hydrogen-bond donors (Lipinski definition) is 0. The van der Waals surface area contributed by atoms with Gasteiger partial charge in [0.05, 0.1) is 4.47 Å². The van der Waals surface area contributed by atoms with Gasteiger partial charge >= 0.3 is 0 Å². The van der Waals surface area contributed by atoms with E-state index in [-0.39, 0.29) is 17.3 Å². The van der Waals surface area contributed by atoms with Gasteiger partial charge in [-0.15, -0.1) is 11.6 Å². The van der Waals surface area contributed by atoms with Crippen molar-refractivity contribution in [1.29, 1.82) is 0 Å². The summed E-state index contributed by atoms with van der Waals surface area (Å²) < 4.78 is 19.2. The molecular weight excluding hydrogens is 270 g/mol. The number of halogens is 3. The van der Waals surface area contributed by atoms with E-state index >= 15 is 0 Å². The Kier molecular flexibility index (Phi) is 2.98. The number of rotatable bonds is 2.